The normalized spacial score (nSPS) is 19.8. The van der Waals surface area contributed by atoms with Gasteiger partial charge in [-0.2, -0.15) is 4.31 Å². The third-order valence-electron chi connectivity index (χ3n) is 5.68. The third kappa shape index (κ3) is 4.22. The van der Waals surface area contributed by atoms with Gasteiger partial charge in [0, 0.05) is 52.6 Å². The summed E-state index contributed by atoms with van der Waals surface area (Å²) in [5, 5.41) is 3.74. The highest BCUT2D eigenvalue weighted by Crippen LogP contribution is 2.29. The second-order valence-corrected chi connectivity index (χ2v) is 9.47. The predicted molar refractivity (Wildman–Crippen MR) is 101 cm³/mol. The van der Waals surface area contributed by atoms with Gasteiger partial charge in [0.05, 0.1) is 0 Å². The summed E-state index contributed by atoms with van der Waals surface area (Å²) in [6.45, 7) is 7.84. The summed E-state index contributed by atoms with van der Waals surface area (Å²) in [7, 11) is -3.62. The molecule has 0 bridgehead atoms. The van der Waals surface area contributed by atoms with Crippen molar-refractivity contribution in [2.75, 3.05) is 39.3 Å². The summed E-state index contributed by atoms with van der Waals surface area (Å²) in [5.74, 6) is 0.614. The summed E-state index contributed by atoms with van der Waals surface area (Å²) in [4.78, 5) is 27.7. The van der Waals surface area contributed by atoms with Crippen molar-refractivity contribution in [1.82, 2.24) is 19.3 Å². The van der Waals surface area contributed by atoms with Crippen LogP contribution in [0.1, 0.15) is 37.6 Å². The Balaban J connectivity index is 1.52. The zero-order valence-corrected chi connectivity index (χ0v) is 17.5. The standard InChI is InChI=1S/C18H28N4O5S/c1-13-18(14(2)27-19-13)28(25,26)22-6-4-16(5-7-22)12-17(24)21-10-8-20(9-11-21)15(3)23/h16H,4-12H2,1-3H3. The van der Waals surface area contributed by atoms with E-state index in [1.54, 1.807) is 25.7 Å². The first-order valence-electron chi connectivity index (χ1n) is 9.66. The van der Waals surface area contributed by atoms with Gasteiger partial charge in [-0.15, -0.1) is 0 Å². The maximum Gasteiger partial charge on any atom is 0.248 e. The van der Waals surface area contributed by atoms with Crippen molar-refractivity contribution in [2.45, 2.75) is 44.9 Å². The minimum atomic E-state index is -3.62. The Labute approximate surface area is 165 Å². The van der Waals surface area contributed by atoms with Crippen LogP contribution in [0, 0.1) is 19.8 Å². The molecule has 0 aliphatic carbocycles. The highest BCUT2D eigenvalue weighted by molar-refractivity contribution is 7.89. The Morgan fingerprint density at radius 3 is 2.11 bits per heavy atom. The molecule has 3 rings (SSSR count). The Kier molecular flexibility index (Phi) is 6.09. The van der Waals surface area contributed by atoms with Gasteiger partial charge in [0.25, 0.3) is 0 Å². The Hall–Kier alpha value is -1.94. The third-order valence-corrected chi connectivity index (χ3v) is 7.82. The Morgan fingerprint density at radius 2 is 1.61 bits per heavy atom. The number of piperazine rings is 1. The first-order chi connectivity index (χ1) is 13.2. The molecule has 2 aliphatic rings. The van der Waals surface area contributed by atoms with Gasteiger partial charge in [-0.05, 0) is 32.6 Å². The number of hydrogen-bond donors (Lipinski definition) is 0. The summed E-state index contributed by atoms with van der Waals surface area (Å²) in [5.41, 5.74) is 0.375. The number of nitrogens with zero attached hydrogens (tertiary/aromatic N) is 4. The molecular formula is C18H28N4O5S. The zero-order chi connectivity index (χ0) is 20.5. The van der Waals surface area contributed by atoms with Crippen LogP contribution in [0.15, 0.2) is 9.42 Å². The van der Waals surface area contributed by atoms with E-state index >= 15 is 0 Å². The molecule has 0 saturated carbocycles. The van der Waals surface area contributed by atoms with E-state index in [1.807, 2.05) is 4.90 Å². The van der Waals surface area contributed by atoms with Gasteiger partial charge in [-0.1, -0.05) is 5.16 Å². The lowest BCUT2D eigenvalue weighted by molar-refractivity contribution is -0.139. The summed E-state index contributed by atoms with van der Waals surface area (Å²) >= 11 is 0. The molecule has 1 aromatic heterocycles. The van der Waals surface area contributed by atoms with Crippen LogP contribution in [0.5, 0.6) is 0 Å². The van der Waals surface area contributed by atoms with Gasteiger partial charge in [0.15, 0.2) is 5.76 Å². The maximum atomic E-state index is 12.9. The van der Waals surface area contributed by atoms with Gasteiger partial charge in [0.2, 0.25) is 21.8 Å². The molecule has 0 atom stereocenters. The van der Waals surface area contributed by atoms with Crippen molar-refractivity contribution in [3.8, 4) is 0 Å². The van der Waals surface area contributed by atoms with E-state index in [0.29, 0.717) is 70.0 Å². The molecule has 2 saturated heterocycles. The highest BCUT2D eigenvalue weighted by atomic mass is 32.2. The lowest BCUT2D eigenvalue weighted by atomic mass is 9.94. The monoisotopic (exact) mass is 412 g/mol. The van der Waals surface area contributed by atoms with Crippen molar-refractivity contribution in [3.05, 3.63) is 11.5 Å². The number of rotatable bonds is 4. The fraction of sp³-hybridized carbons (Fsp3) is 0.722. The molecule has 9 nitrogen and oxygen atoms in total. The molecular weight excluding hydrogens is 384 g/mol. The Bertz CT molecular complexity index is 815. The zero-order valence-electron chi connectivity index (χ0n) is 16.7. The van der Waals surface area contributed by atoms with Crippen LogP contribution in [-0.2, 0) is 19.6 Å². The smallest absolute Gasteiger partial charge is 0.248 e. The number of aromatic nitrogens is 1. The van der Waals surface area contributed by atoms with E-state index in [0.717, 1.165) is 0 Å². The molecule has 0 radical (unpaired) electrons. The van der Waals surface area contributed by atoms with Crippen molar-refractivity contribution in [2.24, 2.45) is 5.92 Å². The predicted octanol–water partition coefficient (Wildman–Crippen LogP) is 0.773. The van der Waals surface area contributed by atoms with Gasteiger partial charge in [-0.3, -0.25) is 9.59 Å². The highest BCUT2D eigenvalue weighted by Gasteiger charge is 2.34. The van der Waals surface area contributed by atoms with Gasteiger partial charge in [-0.25, -0.2) is 8.42 Å². The number of carbonyl (C=O) groups is 2. The molecule has 2 fully saturated rings. The first kappa shape index (κ1) is 20.8. The summed E-state index contributed by atoms with van der Waals surface area (Å²) < 4.78 is 32.2. The maximum absolute atomic E-state index is 12.9. The number of aryl methyl sites for hydroxylation is 2. The number of hydrogen-bond acceptors (Lipinski definition) is 6. The number of piperidine rings is 1. The van der Waals surface area contributed by atoms with Crippen molar-refractivity contribution in [3.63, 3.8) is 0 Å². The lowest BCUT2D eigenvalue weighted by Gasteiger charge is -2.36. The molecule has 2 aliphatic heterocycles. The fourth-order valence-corrected chi connectivity index (χ4v) is 5.73. The van der Waals surface area contributed by atoms with E-state index in [9.17, 15) is 18.0 Å². The van der Waals surface area contributed by atoms with E-state index in [4.69, 9.17) is 4.52 Å². The average molecular weight is 413 g/mol. The molecule has 28 heavy (non-hydrogen) atoms. The largest absolute Gasteiger partial charge is 0.360 e. The summed E-state index contributed by atoms with van der Waals surface area (Å²) in [6.07, 6.45) is 1.74. The van der Waals surface area contributed by atoms with E-state index < -0.39 is 10.0 Å². The molecule has 0 N–H and O–H groups in total. The lowest BCUT2D eigenvalue weighted by Crippen LogP contribution is -2.50. The van der Waals surface area contributed by atoms with Gasteiger partial charge >= 0.3 is 0 Å². The van der Waals surface area contributed by atoms with Crippen molar-refractivity contribution >= 4 is 21.8 Å². The van der Waals surface area contributed by atoms with Crippen molar-refractivity contribution in [1.29, 1.82) is 0 Å². The minimum absolute atomic E-state index is 0.0407. The van der Waals surface area contributed by atoms with Crippen LogP contribution >= 0.6 is 0 Å². The molecule has 0 aromatic carbocycles. The molecule has 0 unspecified atom stereocenters. The number of amides is 2. The minimum Gasteiger partial charge on any atom is -0.360 e. The second kappa shape index (κ2) is 8.20. The Morgan fingerprint density at radius 1 is 1.04 bits per heavy atom. The fourth-order valence-electron chi connectivity index (χ4n) is 3.97. The van der Waals surface area contributed by atoms with Crippen LogP contribution in [-0.4, -0.2) is 78.8 Å². The van der Waals surface area contributed by atoms with Crippen molar-refractivity contribution < 1.29 is 22.5 Å². The van der Waals surface area contributed by atoms with Crippen LogP contribution in [0.2, 0.25) is 0 Å². The van der Waals surface area contributed by atoms with Crippen LogP contribution in [0.3, 0.4) is 0 Å². The SMILES string of the molecule is CC(=O)N1CCN(C(=O)CC2CCN(S(=O)(=O)c3c(C)noc3C)CC2)CC1. The molecule has 2 amide bonds. The van der Waals surface area contributed by atoms with Gasteiger partial charge in [0.1, 0.15) is 10.6 Å². The van der Waals surface area contributed by atoms with Crippen LogP contribution < -0.4 is 0 Å². The molecule has 1 aromatic rings. The molecule has 0 spiro atoms. The molecule has 10 heteroatoms. The average Bonchev–Trinajstić information content (AvgIpc) is 3.01. The quantitative estimate of drug-likeness (QED) is 0.724. The molecule has 3 heterocycles. The first-order valence-corrected chi connectivity index (χ1v) is 11.1. The van der Waals surface area contributed by atoms with E-state index in [-0.39, 0.29) is 22.6 Å². The summed E-state index contributed by atoms with van der Waals surface area (Å²) in [6, 6.07) is 0. The second-order valence-electron chi connectivity index (χ2n) is 7.59. The number of carbonyl (C=O) groups excluding carboxylic acids is 2. The number of sulfonamides is 1. The van der Waals surface area contributed by atoms with Crippen LogP contribution in [0.25, 0.3) is 0 Å². The van der Waals surface area contributed by atoms with Gasteiger partial charge < -0.3 is 14.3 Å². The topological polar surface area (TPSA) is 104 Å². The van der Waals surface area contributed by atoms with E-state index in [2.05, 4.69) is 5.16 Å². The molecule has 156 valence electrons. The van der Waals surface area contributed by atoms with Crippen LogP contribution in [0.4, 0.5) is 0 Å². The van der Waals surface area contributed by atoms with E-state index in [1.165, 1.54) is 4.31 Å².